The van der Waals surface area contributed by atoms with Crippen LogP contribution in [-0.4, -0.2) is 12.5 Å². The minimum Gasteiger partial charge on any atom is -0.430 e. The van der Waals surface area contributed by atoms with Crippen LogP contribution in [0.15, 0.2) is 45.8 Å². The highest BCUT2D eigenvalue weighted by Gasteiger charge is 2.09. The molecule has 0 aliphatic carbocycles. The van der Waals surface area contributed by atoms with Gasteiger partial charge in [0, 0.05) is 16.7 Å². The van der Waals surface area contributed by atoms with Gasteiger partial charge >= 0.3 is 5.63 Å². The van der Waals surface area contributed by atoms with E-state index in [9.17, 15) is 9.59 Å². The normalized spacial score (nSPS) is 9.62. The average Bonchev–Trinajstić information content (AvgIpc) is 2.48. The van der Waals surface area contributed by atoms with E-state index in [2.05, 4.69) is 21.6 Å². The van der Waals surface area contributed by atoms with Crippen LogP contribution in [-0.2, 0) is 0 Å². The van der Waals surface area contributed by atoms with Gasteiger partial charge in [0.15, 0.2) is 0 Å². The minimum absolute atomic E-state index is 0.198. The van der Waals surface area contributed by atoms with E-state index in [1.54, 1.807) is 18.2 Å². The van der Waals surface area contributed by atoms with Gasteiger partial charge in [0.1, 0.15) is 6.26 Å². The number of amides is 1. The second-order valence-corrected chi connectivity index (χ2v) is 4.43. The molecule has 0 atom stereocenters. The summed E-state index contributed by atoms with van der Waals surface area (Å²) in [5.74, 6) is 5.11. The number of carbonyl (C=O) groups is 1. The van der Waals surface area contributed by atoms with E-state index in [0.29, 0.717) is 16.3 Å². The Morgan fingerprint density at radius 1 is 1.33 bits per heavy atom. The molecule has 3 N–H and O–H groups in total. The number of rotatable bonds is 2. The van der Waals surface area contributed by atoms with Crippen molar-refractivity contribution in [2.75, 3.05) is 11.9 Å². The lowest BCUT2D eigenvalue weighted by molar-refractivity contribution is 0.102. The highest BCUT2D eigenvalue weighted by molar-refractivity contribution is 6.30. The maximum absolute atomic E-state index is 12.1. The number of hydrogen-bond acceptors (Lipinski definition) is 4. The van der Waals surface area contributed by atoms with Gasteiger partial charge in [-0.2, -0.15) is 0 Å². The molecule has 0 aliphatic rings. The lowest BCUT2D eigenvalue weighted by atomic mass is 10.1. The molecule has 1 aromatic heterocycles. The molecule has 0 bridgehead atoms. The topological polar surface area (TPSA) is 85.3 Å². The monoisotopic (exact) mass is 302 g/mol. The van der Waals surface area contributed by atoms with Crippen molar-refractivity contribution in [2.24, 2.45) is 5.73 Å². The van der Waals surface area contributed by atoms with E-state index in [4.69, 9.17) is 17.3 Å². The van der Waals surface area contributed by atoms with Crippen LogP contribution in [0.25, 0.3) is 0 Å². The van der Waals surface area contributed by atoms with E-state index in [0.717, 1.165) is 6.26 Å². The molecule has 1 aromatic carbocycles. The zero-order chi connectivity index (χ0) is 15.2. The third-order valence-corrected chi connectivity index (χ3v) is 2.75. The molecule has 1 amide bonds. The summed E-state index contributed by atoms with van der Waals surface area (Å²) in [6.07, 6.45) is 1.10. The molecule has 2 rings (SSSR count). The van der Waals surface area contributed by atoms with Crippen LogP contribution >= 0.6 is 11.6 Å². The Kier molecular flexibility index (Phi) is 4.77. The fraction of sp³-hybridized carbons (Fsp3) is 0.0667. The summed E-state index contributed by atoms with van der Waals surface area (Å²) in [7, 11) is 0. The predicted molar refractivity (Wildman–Crippen MR) is 80.3 cm³/mol. The Morgan fingerprint density at radius 2 is 2.14 bits per heavy atom. The smallest absolute Gasteiger partial charge is 0.335 e. The summed E-state index contributed by atoms with van der Waals surface area (Å²) in [5.41, 5.74) is 6.09. The van der Waals surface area contributed by atoms with Gasteiger partial charge in [-0.15, -0.1) is 0 Å². The lowest BCUT2D eigenvalue weighted by Gasteiger charge is -2.07. The summed E-state index contributed by atoms with van der Waals surface area (Å²) >= 11 is 5.91. The number of benzene rings is 1. The van der Waals surface area contributed by atoms with Gasteiger partial charge in [0.25, 0.3) is 5.91 Å². The molecule has 21 heavy (non-hydrogen) atoms. The van der Waals surface area contributed by atoms with E-state index in [-0.39, 0.29) is 12.1 Å². The van der Waals surface area contributed by atoms with Gasteiger partial charge in [-0.1, -0.05) is 23.4 Å². The molecule has 0 aliphatic heterocycles. The standard InChI is InChI=1S/C15H11ClN2O3/c16-12-4-5-13(10(8-12)2-1-7-17)18-15(20)11-3-6-14(19)21-9-11/h3-6,8-9H,7,17H2,(H,18,20). The Labute approximate surface area is 125 Å². The number of hydrogen-bond donors (Lipinski definition) is 2. The SMILES string of the molecule is NCC#Cc1cc(Cl)ccc1NC(=O)c1ccc(=O)oc1. The molecule has 0 spiro atoms. The van der Waals surface area contributed by atoms with Gasteiger partial charge in [-0.25, -0.2) is 4.79 Å². The van der Waals surface area contributed by atoms with E-state index in [1.807, 2.05) is 0 Å². The number of anilines is 1. The molecule has 106 valence electrons. The molecule has 0 fully saturated rings. The molecule has 0 unspecified atom stereocenters. The van der Waals surface area contributed by atoms with Gasteiger partial charge in [0.2, 0.25) is 0 Å². The first-order valence-electron chi connectivity index (χ1n) is 5.99. The Balaban J connectivity index is 2.28. The van der Waals surface area contributed by atoms with Crippen LogP contribution < -0.4 is 16.7 Å². The van der Waals surface area contributed by atoms with Crippen LogP contribution in [0.5, 0.6) is 0 Å². The largest absolute Gasteiger partial charge is 0.430 e. The quantitative estimate of drug-likeness (QED) is 0.829. The molecular formula is C15H11ClN2O3. The van der Waals surface area contributed by atoms with Crippen LogP contribution in [0.2, 0.25) is 5.02 Å². The number of carbonyl (C=O) groups excluding carboxylic acids is 1. The maximum atomic E-state index is 12.1. The highest BCUT2D eigenvalue weighted by atomic mass is 35.5. The van der Waals surface area contributed by atoms with Crippen molar-refractivity contribution in [3.05, 3.63) is 63.2 Å². The Bertz CT molecular complexity index is 767. The zero-order valence-electron chi connectivity index (χ0n) is 10.9. The summed E-state index contributed by atoms with van der Waals surface area (Å²) in [4.78, 5) is 22.9. The third-order valence-electron chi connectivity index (χ3n) is 2.52. The van der Waals surface area contributed by atoms with Crippen LogP contribution in [0, 0.1) is 11.8 Å². The number of nitrogens with two attached hydrogens (primary N) is 1. The van der Waals surface area contributed by atoms with Gasteiger partial charge in [-0.3, -0.25) is 4.79 Å². The number of nitrogens with one attached hydrogen (secondary N) is 1. The predicted octanol–water partition coefficient (Wildman–Crippen LogP) is 1.86. The van der Waals surface area contributed by atoms with Crippen molar-refractivity contribution in [2.45, 2.75) is 0 Å². The minimum atomic E-state index is -0.521. The van der Waals surface area contributed by atoms with Crippen molar-refractivity contribution in [1.29, 1.82) is 0 Å². The summed E-state index contributed by atoms with van der Waals surface area (Å²) < 4.78 is 4.65. The first kappa shape index (κ1) is 14.9. The Morgan fingerprint density at radius 3 is 2.81 bits per heavy atom. The van der Waals surface area contributed by atoms with Gasteiger partial charge < -0.3 is 15.5 Å². The second kappa shape index (κ2) is 6.75. The molecule has 0 radical (unpaired) electrons. The fourth-order valence-electron chi connectivity index (χ4n) is 1.56. The fourth-order valence-corrected chi connectivity index (χ4v) is 1.73. The zero-order valence-corrected chi connectivity index (χ0v) is 11.6. The van der Waals surface area contributed by atoms with Crippen LogP contribution in [0.1, 0.15) is 15.9 Å². The molecular weight excluding hydrogens is 292 g/mol. The summed E-state index contributed by atoms with van der Waals surface area (Å²) in [5, 5.41) is 3.18. The van der Waals surface area contributed by atoms with Gasteiger partial charge in [-0.05, 0) is 24.3 Å². The molecule has 2 aromatic rings. The van der Waals surface area contributed by atoms with E-state index in [1.165, 1.54) is 12.1 Å². The van der Waals surface area contributed by atoms with Crippen LogP contribution in [0.3, 0.4) is 0 Å². The van der Waals surface area contributed by atoms with Crippen molar-refractivity contribution in [3.63, 3.8) is 0 Å². The van der Waals surface area contributed by atoms with E-state index < -0.39 is 11.5 Å². The third kappa shape index (κ3) is 3.96. The summed E-state index contributed by atoms with van der Waals surface area (Å²) in [6.45, 7) is 0.198. The molecule has 0 saturated heterocycles. The number of halogens is 1. The maximum Gasteiger partial charge on any atom is 0.335 e. The van der Waals surface area contributed by atoms with Crippen molar-refractivity contribution in [3.8, 4) is 11.8 Å². The highest BCUT2D eigenvalue weighted by Crippen LogP contribution is 2.20. The van der Waals surface area contributed by atoms with Crippen molar-refractivity contribution < 1.29 is 9.21 Å². The summed E-state index contributed by atoms with van der Waals surface area (Å²) in [6, 6.07) is 7.45. The first-order valence-corrected chi connectivity index (χ1v) is 6.36. The van der Waals surface area contributed by atoms with E-state index >= 15 is 0 Å². The van der Waals surface area contributed by atoms with Crippen molar-refractivity contribution in [1.82, 2.24) is 0 Å². The molecule has 1 heterocycles. The van der Waals surface area contributed by atoms with Crippen LogP contribution in [0.4, 0.5) is 5.69 Å². The average molecular weight is 303 g/mol. The Hall–Kier alpha value is -2.55. The molecule has 0 saturated carbocycles. The van der Waals surface area contributed by atoms with Crippen molar-refractivity contribution >= 4 is 23.2 Å². The molecule has 5 nitrogen and oxygen atoms in total. The van der Waals surface area contributed by atoms with Gasteiger partial charge in [0.05, 0.1) is 17.8 Å². The second-order valence-electron chi connectivity index (χ2n) is 3.99. The first-order chi connectivity index (χ1) is 10.1. The lowest BCUT2D eigenvalue weighted by Crippen LogP contribution is -2.13. The molecule has 6 heteroatoms.